The van der Waals surface area contributed by atoms with Crippen molar-refractivity contribution >= 4 is 5.91 Å². The van der Waals surface area contributed by atoms with Crippen LogP contribution >= 0.6 is 0 Å². The van der Waals surface area contributed by atoms with E-state index in [0.29, 0.717) is 11.9 Å². The minimum atomic E-state index is 0.278. The molecule has 3 aliphatic rings. The molecule has 3 fully saturated rings. The summed E-state index contributed by atoms with van der Waals surface area (Å²) < 4.78 is 0. The van der Waals surface area contributed by atoms with E-state index in [-0.39, 0.29) is 5.92 Å². The molecule has 5 nitrogen and oxygen atoms in total. The molecule has 0 aromatic rings. The van der Waals surface area contributed by atoms with Crippen molar-refractivity contribution in [2.45, 2.75) is 51.6 Å². The first-order valence-corrected chi connectivity index (χ1v) is 9.62. The molecule has 132 valence electrons. The molecule has 3 rings (SSSR count). The first kappa shape index (κ1) is 17.2. The molecular weight excluding hydrogens is 288 g/mol. The Kier molecular flexibility index (Phi) is 5.94. The van der Waals surface area contributed by atoms with Gasteiger partial charge in [-0.15, -0.1) is 0 Å². The van der Waals surface area contributed by atoms with E-state index >= 15 is 0 Å². The minimum absolute atomic E-state index is 0.278. The van der Waals surface area contributed by atoms with Crippen LogP contribution in [0.4, 0.5) is 0 Å². The summed E-state index contributed by atoms with van der Waals surface area (Å²) in [4.78, 5) is 20.0. The van der Waals surface area contributed by atoms with Crippen LogP contribution in [0.1, 0.15) is 39.5 Å². The summed E-state index contributed by atoms with van der Waals surface area (Å²) in [5.41, 5.74) is 0. The van der Waals surface area contributed by atoms with Gasteiger partial charge in [0.15, 0.2) is 0 Å². The van der Waals surface area contributed by atoms with Crippen LogP contribution in [0.3, 0.4) is 0 Å². The molecule has 0 aliphatic carbocycles. The number of carbonyl (C=O) groups is 1. The number of hydrogen-bond donors (Lipinski definition) is 1. The number of nitrogens with zero attached hydrogens (tertiary/aromatic N) is 3. The second-order valence-electron chi connectivity index (χ2n) is 7.75. The van der Waals surface area contributed by atoms with Crippen LogP contribution in [0.5, 0.6) is 0 Å². The van der Waals surface area contributed by atoms with Crippen molar-refractivity contribution in [3.63, 3.8) is 0 Å². The van der Waals surface area contributed by atoms with Gasteiger partial charge >= 0.3 is 0 Å². The van der Waals surface area contributed by atoms with E-state index in [0.717, 1.165) is 58.2 Å². The summed E-state index contributed by atoms with van der Waals surface area (Å²) in [6.07, 6.45) is 4.73. The average molecular weight is 322 g/mol. The Morgan fingerprint density at radius 3 is 2.09 bits per heavy atom. The monoisotopic (exact) mass is 322 g/mol. The fraction of sp³-hybridized carbons (Fsp3) is 0.944. The summed E-state index contributed by atoms with van der Waals surface area (Å²) in [5.74, 6) is 0.695. The molecule has 1 amide bonds. The van der Waals surface area contributed by atoms with E-state index in [1.54, 1.807) is 0 Å². The molecule has 3 saturated heterocycles. The molecule has 5 heteroatoms. The van der Waals surface area contributed by atoms with Crippen LogP contribution in [0.15, 0.2) is 0 Å². The van der Waals surface area contributed by atoms with Gasteiger partial charge in [-0.25, -0.2) is 0 Å². The van der Waals surface area contributed by atoms with E-state index in [1.807, 2.05) is 0 Å². The van der Waals surface area contributed by atoms with E-state index < -0.39 is 0 Å². The van der Waals surface area contributed by atoms with Crippen molar-refractivity contribution in [2.75, 3.05) is 52.4 Å². The predicted molar refractivity (Wildman–Crippen MR) is 93.5 cm³/mol. The second kappa shape index (κ2) is 7.95. The zero-order chi connectivity index (χ0) is 16.2. The summed E-state index contributed by atoms with van der Waals surface area (Å²) in [5, 5.41) is 3.33. The van der Waals surface area contributed by atoms with Gasteiger partial charge < -0.3 is 20.0 Å². The molecular formula is C18H34N4O. The number of likely N-dealkylation sites (tertiary alicyclic amines) is 2. The summed E-state index contributed by atoms with van der Waals surface area (Å²) in [6.45, 7) is 13.0. The van der Waals surface area contributed by atoms with E-state index in [1.165, 1.54) is 25.9 Å². The smallest absolute Gasteiger partial charge is 0.225 e. The number of hydrogen-bond acceptors (Lipinski definition) is 4. The molecule has 0 bridgehead atoms. The van der Waals surface area contributed by atoms with Crippen LogP contribution in [-0.4, -0.2) is 85.0 Å². The Morgan fingerprint density at radius 2 is 1.52 bits per heavy atom. The van der Waals surface area contributed by atoms with Gasteiger partial charge in [0.05, 0.1) is 0 Å². The fourth-order valence-electron chi connectivity index (χ4n) is 4.42. The zero-order valence-electron chi connectivity index (χ0n) is 15.0. The highest BCUT2D eigenvalue weighted by Gasteiger charge is 2.32. The zero-order valence-corrected chi connectivity index (χ0v) is 15.0. The van der Waals surface area contributed by atoms with Gasteiger partial charge in [0.25, 0.3) is 0 Å². The minimum Gasteiger partial charge on any atom is -0.340 e. The topological polar surface area (TPSA) is 38.8 Å². The molecule has 0 atom stereocenters. The highest BCUT2D eigenvalue weighted by Crippen LogP contribution is 2.25. The molecule has 0 aromatic carbocycles. The summed E-state index contributed by atoms with van der Waals surface area (Å²) >= 11 is 0. The number of amides is 1. The van der Waals surface area contributed by atoms with Crippen LogP contribution in [0.2, 0.25) is 0 Å². The van der Waals surface area contributed by atoms with Crippen LogP contribution in [0.25, 0.3) is 0 Å². The van der Waals surface area contributed by atoms with Crippen molar-refractivity contribution in [3.8, 4) is 0 Å². The Bertz CT molecular complexity index is 378. The fourth-order valence-corrected chi connectivity index (χ4v) is 4.42. The van der Waals surface area contributed by atoms with Gasteiger partial charge in [0, 0.05) is 44.2 Å². The normalized spacial score (nSPS) is 26.8. The number of nitrogens with one attached hydrogen (secondary N) is 1. The van der Waals surface area contributed by atoms with Gasteiger partial charge in [-0.1, -0.05) is 0 Å². The lowest BCUT2D eigenvalue weighted by atomic mass is 9.92. The van der Waals surface area contributed by atoms with Crippen LogP contribution < -0.4 is 5.32 Å². The number of rotatable bonds is 3. The maximum absolute atomic E-state index is 12.6. The van der Waals surface area contributed by atoms with Gasteiger partial charge in [0.2, 0.25) is 5.91 Å². The first-order valence-electron chi connectivity index (χ1n) is 9.62. The molecule has 0 saturated carbocycles. The Labute approximate surface area is 141 Å². The number of piperidine rings is 2. The molecule has 0 aromatic heterocycles. The lowest BCUT2D eigenvalue weighted by Gasteiger charge is -2.43. The third-order valence-corrected chi connectivity index (χ3v) is 6.05. The maximum Gasteiger partial charge on any atom is 0.225 e. The molecule has 0 radical (unpaired) electrons. The summed E-state index contributed by atoms with van der Waals surface area (Å²) in [6, 6.07) is 1.43. The van der Waals surface area contributed by atoms with Gasteiger partial charge in [-0.3, -0.25) is 4.79 Å². The molecule has 3 aliphatic heterocycles. The Morgan fingerprint density at radius 1 is 0.913 bits per heavy atom. The number of carbonyl (C=O) groups excluding carboxylic acids is 1. The third-order valence-electron chi connectivity index (χ3n) is 6.05. The molecule has 0 spiro atoms. The lowest BCUT2D eigenvalue weighted by Crippen LogP contribution is -2.52. The highest BCUT2D eigenvalue weighted by molar-refractivity contribution is 5.79. The quantitative estimate of drug-likeness (QED) is 0.841. The van der Waals surface area contributed by atoms with Crippen LogP contribution in [-0.2, 0) is 4.79 Å². The second-order valence-corrected chi connectivity index (χ2v) is 7.75. The number of piperazine rings is 1. The lowest BCUT2D eigenvalue weighted by molar-refractivity contribution is -0.138. The SMILES string of the molecule is CC(C)N1CCC(N2CCC(C(=O)N3CCNCC3)CC2)CC1. The Hall–Kier alpha value is -0.650. The van der Waals surface area contributed by atoms with Gasteiger partial charge in [-0.2, -0.15) is 0 Å². The summed E-state index contributed by atoms with van der Waals surface area (Å²) in [7, 11) is 0. The maximum atomic E-state index is 12.6. The Balaban J connectivity index is 1.42. The predicted octanol–water partition coefficient (Wildman–Crippen LogP) is 1.00. The molecule has 0 unspecified atom stereocenters. The van der Waals surface area contributed by atoms with Gasteiger partial charge in [-0.05, 0) is 65.7 Å². The molecule has 3 heterocycles. The van der Waals surface area contributed by atoms with Crippen molar-refractivity contribution in [1.29, 1.82) is 0 Å². The van der Waals surface area contributed by atoms with Gasteiger partial charge in [0.1, 0.15) is 0 Å². The largest absolute Gasteiger partial charge is 0.340 e. The van der Waals surface area contributed by atoms with Crippen molar-refractivity contribution in [1.82, 2.24) is 20.0 Å². The van der Waals surface area contributed by atoms with Crippen molar-refractivity contribution < 1.29 is 4.79 Å². The molecule has 1 N–H and O–H groups in total. The standard InChI is InChI=1S/C18H34N4O/c1-15(2)20-11-5-17(6-12-20)21-9-3-16(4-10-21)18(23)22-13-7-19-8-14-22/h15-17,19H,3-14H2,1-2H3. The van der Waals surface area contributed by atoms with Crippen LogP contribution in [0, 0.1) is 5.92 Å². The van der Waals surface area contributed by atoms with Crippen molar-refractivity contribution in [3.05, 3.63) is 0 Å². The highest BCUT2D eigenvalue weighted by atomic mass is 16.2. The van der Waals surface area contributed by atoms with E-state index in [4.69, 9.17) is 0 Å². The third kappa shape index (κ3) is 4.25. The first-order chi connectivity index (χ1) is 11.1. The van der Waals surface area contributed by atoms with E-state index in [2.05, 4.69) is 33.9 Å². The average Bonchev–Trinajstić information content (AvgIpc) is 2.62. The van der Waals surface area contributed by atoms with E-state index in [9.17, 15) is 4.79 Å². The molecule has 23 heavy (non-hydrogen) atoms. The van der Waals surface area contributed by atoms with Crippen molar-refractivity contribution in [2.24, 2.45) is 5.92 Å².